The molecule has 1 amide bonds. The van der Waals surface area contributed by atoms with Gasteiger partial charge in [-0.2, -0.15) is 5.26 Å². The number of hydrogen-bond acceptors (Lipinski definition) is 7. The number of amides is 1. The summed E-state index contributed by atoms with van der Waals surface area (Å²) in [5, 5.41) is 20.7. The SMILES string of the molecule is COc1cc(-c2ccc(CS(=O)(=O)CC(=O)NCCO)cc2)cc(OCCc2ccccc2)c1C#N. The van der Waals surface area contributed by atoms with Gasteiger partial charge < -0.3 is 19.9 Å². The Hall–Kier alpha value is -3.87. The van der Waals surface area contributed by atoms with Crippen molar-refractivity contribution in [3.63, 3.8) is 0 Å². The highest BCUT2D eigenvalue weighted by Gasteiger charge is 2.18. The van der Waals surface area contributed by atoms with Crippen molar-refractivity contribution in [3.05, 3.63) is 83.4 Å². The summed E-state index contributed by atoms with van der Waals surface area (Å²) in [5.41, 5.74) is 3.49. The van der Waals surface area contributed by atoms with Crippen LogP contribution in [0.2, 0.25) is 0 Å². The van der Waals surface area contributed by atoms with Crippen LogP contribution in [0.5, 0.6) is 11.5 Å². The molecule has 3 rings (SSSR count). The van der Waals surface area contributed by atoms with Crippen LogP contribution in [0.1, 0.15) is 16.7 Å². The van der Waals surface area contributed by atoms with E-state index in [4.69, 9.17) is 14.6 Å². The summed E-state index contributed by atoms with van der Waals surface area (Å²) in [6.45, 7) is 0.135. The summed E-state index contributed by atoms with van der Waals surface area (Å²) in [6, 6.07) is 22.4. The molecule has 0 atom stereocenters. The fourth-order valence-corrected chi connectivity index (χ4v) is 4.91. The summed E-state index contributed by atoms with van der Waals surface area (Å²) < 4.78 is 36.1. The Morgan fingerprint density at radius 2 is 1.69 bits per heavy atom. The molecule has 0 bridgehead atoms. The van der Waals surface area contributed by atoms with Gasteiger partial charge in [-0.25, -0.2) is 8.42 Å². The van der Waals surface area contributed by atoms with Gasteiger partial charge in [-0.05, 0) is 34.4 Å². The van der Waals surface area contributed by atoms with Crippen LogP contribution in [0, 0.1) is 11.3 Å². The standard InChI is InChI=1S/C27H28N2O6S/c1-34-25-15-23(16-26(24(25)17-28)35-14-11-20-5-3-2-4-6-20)22-9-7-21(8-10-22)18-36(32,33)19-27(31)29-12-13-30/h2-10,15-16,30H,11-14,18-19H2,1H3,(H,29,31). The molecule has 0 saturated carbocycles. The molecule has 0 aliphatic carbocycles. The number of aliphatic hydroxyl groups excluding tert-OH is 1. The molecule has 0 aliphatic heterocycles. The minimum atomic E-state index is -3.67. The predicted molar refractivity (Wildman–Crippen MR) is 136 cm³/mol. The van der Waals surface area contributed by atoms with E-state index in [1.807, 2.05) is 30.3 Å². The number of benzene rings is 3. The quantitative estimate of drug-likeness (QED) is 0.385. The number of nitrogens with zero attached hydrogens (tertiary/aromatic N) is 1. The second-order valence-corrected chi connectivity index (χ2v) is 10.1. The van der Waals surface area contributed by atoms with Gasteiger partial charge in [0, 0.05) is 13.0 Å². The lowest BCUT2D eigenvalue weighted by Gasteiger charge is -2.14. The Morgan fingerprint density at radius 1 is 1.00 bits per heavy atom. The maximum atomic E-state index is 12.3. The van der Waals surface area contributed by atoms with E-state index in [2.05, 4.69) is 11.4 Å². The van der Waals surface area contributed by atoms with Gasteiger partial charge in [0.1, 0.15) is 28.9 Å². The van der Waals surface area contributed by atoms with Crippen LogP contribution in [-0.4, -0.2) is 52.1 Å². The van der Waals surface area contributed by atoms with Gasteiger partial charge in [-0.3, -0.25) is 4.79 Å². The predicted octanol–water partition coefficient (Wildman–Crippen LogP) is 2.88. The molecule has 2 N–H and O–H groups in total. The van der Waals surface area contributed by atoms with Crippen LogP contribution < -0.4 is 14.8 Å². The first-order valence-corrected chi connectivity index (χ1v) is 13.1. The molecule has 9 heteroatoms. The smallest absolute Gasteiger partial charge is 0.235 e. The van der Waals surface area contributed by atoms with Gasteiger partial charge in [0.2, 0.25) is 5.91 Å². The summed E-state index contributed by atoms with van der Waals surface area (Å²) in [6.07, 6.45) is 0.680. The van der Waals surface area contributed by atoms with E-state index in [0.717, 1.165) is 16.7 Å². The van der Waals surface area contributed by atoms with Gasteiger partial charge >= 0.3 is 0 Å². The van der Waals surface area contributed by atoms with Crippen molar-refractivity contribution < 1.29 is 27.8 Å². The second-order valence-electron chi connectivity index (χ2n) is 8.05. The summed E-state index contributed by atoms with van der Waals surface area (Å²) >= 11 is 0. The van der Waals surface area contributed by atoms with E-state index in [1.54, 1.807) is 36.4 Å². The highest BCUT2D eigenvalue weighted by atomic mass is 32.2. The number of rotatable bonds is 12. The summed E-state index contributed by atoms with van der Waals surface area (Å²) in [5.74, 6) is -0.797. The molecule has 0 saturated heterocycles. The van der Waals surface area contributed by atoms with Gasteiger partial charge in [-0.15, -0.1) is 0 Å². The third-order valence-corrected chi connectivity index (χ3v) is 6.82. The summed E-state index contributed by atoms with van der Waals surface area (Å²) in [4.78, 5) is 11.7. The second kappa shape index (κ2) is 12.7. The molecule has 0 spiro atoms. The zero-order chi connectivity index (χ0) is 26.0. The van der Waals surface area contributed by atoms with E-state index >= 15 is 0 Å². The average molecular weight is 509 g/mol. The summed E-state index contributed by atoms with van der Waals surface area (Å²) in [7, 11) is -2.19. The van der Waals surface area contributed by atoms with E-state index in [9.17, 15) is 18.5 Å². The van der Waals surface area contributed by atoms with Gasteiger partial charge in [-0.1, -0.05) is 54.6 Å². The van der Waals surface area contributed by atoms with E-state index in [1.165, 1.54) is 7.11 Å². The Morgan fingerprint density at radius 3 is 2.33 bits per heavy atom. The molecule has 36 heavy (non-hydrogen) atoms. The third-order valence-electron chi connectivity index (χ3n) is 5.35. The lowest BCUT2D eigenvalue weighted by molar-refractivity contribution is -0.118. The van der Waals surface area contributed by atoms with E-state index in [-0.39, 0.29) is 18.9 Å². The van der Waals surface area contributed by atoms with Gasteiger partial charge in [0.05, 0.1) is 26.1 Å². The molecular weight excluding hydrogens is 480 g/mol. The average Bonchev–Trinajstić information content (AvgIpc) is 2.87. The monoisotopic (exact) mass is 508 g/mol. The molecule has 3 aromatic carbocycles. The lowest BCUT2D eigenvalue weighted by atomic mass is 10.0. The van der Waals surface area contributed by atoms with Crippen LogP contribution >= 0.6 is 0 Å². The normalized spacial score (nSPS) is 10.9. The number of hydrogen-bond donors (Lipinski definition) is 2. The highest BCUT2D eigenvalue weighted by Crippen LogP contribution is 2.35. The number of carbonyl (C=O) groups excluding carboxylic acids is 1. The van der Waals surface area contributed by atoms with Crippen molar-refractivity contribution in [3.8, 4) is 28.7 Å². The molecule has 0 aliphatic rings. The van der Waals surface area contributed by atoms with Crippen molar-refractivity contribution in [1.29, 1.82) is 5.26 Å². The maximum absolute atomic E-state index is 12.3. The molecule has 0 radical (unpaired) electrons. The van der Waals surface area contributed by atoms with Crippen molar-refractivity contribution in [2.75, 3.05) is 32.6 Å². The fourth-order valence-electron chi connectivity index (χ4n) is 3.61. The van der Waals surface area contributed by atoms with Crippen LogP contribution in [0.25, 0.3) is 11.1 Å². The molecular formula is C27H28N2O6S. The van der Waals surface area contributed by atoms with Gasteiger partial charge in [0.15, 0.2) is 9.84 Å². The third kappa shape index (κ3) is 7.57. The van der Waals surface area contributed by atoms with Gasteiger partial charge in [0.25, 0.3) is 0 Å². The number of methoxy groups -OCH3 is 1. The molecule has 3 aromatic rings. The number of nitriles is 1. The maximum Gasteiger partial charge on any atom is 0.235 e. The molecule has 0 fully saturated rings. The molecule has 0 unspecified atom stereocenters. The Kier molecular flexibility index (Phi) is 9.45. The number of sulfone groups is 1. The van der Waals surface area contributed by atoms with Crippen molar-refractivity contribution in [2.45, 2.75) is 12.2 Å². The van der Waals surface area contributed by atoms with Crippen LogP contribution in [-0.2, 0) is 26.8 Å². The van der Waals surface area contributed by atoms with Crippen LogP contribution in [0.3, 0.4) is 0 Å². The first-order valence-electron chi connectivity index (χ1n) is 11.3. The number of carbonyl (C=O) groups is 1. The molecule has 8 nitrogen and oxygen atoms in total. The fraction of sp³-hybridized carbons (Fsp3) is 0.259. The van der Waals surface area contributed by atoms with E-state index in [0.29, 0.717) is 35.7 Å². The first kappa shape index (κ1) is 26.7. The number of aliphatic hydroxyl groups is 1. The Bertz CT molecular complexity index is 1320. The minimum absolute atomic E-state index is 0.00899. The van der Waals surface area contributed by atoms with Crippen molar-refractivity contribution >= 4 is 15.7 Å². The number of nitrogens with one attached hydrogen (secondary N) is 1. The molecule has 188 valence electrons. The largest absolute Gasteiger partial charge is 0.495 e. The zero-order valence-corrected chi connectivity index (χ0v) is 20.8. The van der Waals surface area contributed by atoms with Crippen LogP contribution in [0.15, 0.2) is 66.7 Å². The topological polar surface area (TPSA) is 126 Å². The van der Waals surface area contributed by atoms with Crippen molar-refractivity contribution in [1.82, 2.24) is 5.32 Å². The molecule has 0 heterocycles. The van der Waals surface area contributed by atoms with Crippen molar-refractivity contribution in [2.24, 2.45) is 0 Å². The molecule has 0 aromatic heterocycles. The zero-order valence-electron chi connectivity index (χ0n) is 19.9. The first-order chi connectivity index (χ1) is 17.3. The van der Waals surface area contributed by atoms with Crippen LogP contribution in [0.4, 0.5) is 0 Å². The minimum Gasteiger partial charge on any atom is -0.495 e. The highest BCUT2D eigenvalue weighted by molar-refractivity contribution is 7.91. The lowest BCUT2D eigenvalue weighted by Crippen LogP contribution is -2.32. The number of ether oxygens (including phenoxy) is 2. The Balaban J connectivity index is 1.76. The van der Waals surface area contributed by atoms with E-state index < -0.39 is 21.5 Å². The Labute approximate surface area is 211 Å².